The van der Waals surface area contributed by atoms with Gasteiger partial charge in [-0.2, -0.15) is 5.10 Å². The summed E-state index contributed by atoms with van der Waals surface area (Å²) in [5.41, 5.74) is 3.14. The Hall–Kier alpha value is -3.81. The van der Waals surface area contributed by atoms with E-state index in [1.54, 1.807) is 25.0 Å². The van der Waals surface area contributed by atoms with E-state index in [9.17, 15) is 4.79 Å². The summed E-state index contributed by atoms with van der Waals surface area (Å²) in [6.07, 6.45) is -0.382. The number of anilines is 1. The van der Waals surface area contributed by atoms with E-state index < -0.39 is 6.10 Å². The molecule has 0 radical (unpaired) electrons. The Morgan fingerprint density at radius 2 is 1.87 bits per heavy atom. The van der Waals surface area contributed by atoms with Crippen LogP contribution in [0.2, 0.25) is 0 Å². The third-order valence-electron chi connectivity index (χ3n) is 4.76. The highest BCUT2D eigenvalue weighted by atomic mass is 16.6. The van der Waals surface area contributed by atoms with E-state index in [0.717, 1.165) is 16.9 Å². The van der Waals surface area contributed by atoms with Crippen LogP contribution in [-0.4, -0.2) is 41.7 Å². The fourth-order valence-corrected chi connectivity index (χ4v) is 3.27. The van der Waals surface area contributed by atoms with Gasteiger partial charge in [0, 0.05) is 18.1 Å². The van der Waals surface area contributed by atoms with Crippen molar-refractivity contribution in [2.24, 2.45) is 5.16 Å². The summed E-state index contributed by atoms with van der Waals surface area (Å²) in [7, 11) is 3.15. The minimum atomic E-state index is -0.729. The van der Waals surface area contributed by atoms with Gasteiger partial charge in [-0.05, 0) is 37.3 Å². The lowest BCUT2D eigenvalue weighted by Crippen LogP contribution is -2.29. The summed E-state index contributed by atoms with van der Waals surface area (Å²) in [4.78, 5) is 18.2. The van der Waals surface area contributed by atoms with Gasteiger partial charge >= 0.3 is 0 Å². The third-order valence-corrected chi connectivity index (χ3v) is 4.76. The molecule has 0 bridgehead atoms. The molecule has 2 heterocycles. The Morgan fingerprint density at radius 1 is 1.10 bits per heavy atom. The lowest BCUT2D eigenvalue weighted by Gasteiger charge is -2.12. The van der Waals surface area contributed by atoms with Crippen molar-refractivity contribution in [3.05, 3.63) is 65.9 Å². The van der Waals surface area contributed by atoms with Gasteiger partial charge in [0.25, 0.3) is 5.91 Å². The highest BCUT2D eigenvalue weighted by molar-refractivity contribution is 6.06. The average molecular weight is 406 g/mol. The molecule has 154 valence electrons. The normalized spacial score (nSPS) is 15.3. The molecule has 1 aliphatic heterocycles. The van der Waals surface area contributed by atoms with Crippen LogP contribution in [-0.2, 0) is 9.63 Å². The van der Waals surface area contributed by atoms with Crippen LogP contribution in [0.1, 0.15) is 17.7 Å². The molecule has 0 unspecified atom stereocenters. The minimum Gasteiger partial charge on any atom is -0.493 e. The fraction of sp³-hybridized carbons (Fsp3) is 0.227. The van der Waals surface area contributed by atoms with Gasteiger partial charge < -0.3 is 19.6 Å². The SMILES string of the molecule is COc1ccc(C2=NO[C@H](C(=O)Nc3cc(C)nn3-c3ccccc3)C2)cc1OC. The summed E-state index contributed by atoms with van der Waals surface area (Å²) >= 11 is 0. The largest absolute Gasteiger partial charge is 0.493 e. The van der Waals surface area contributed by atoms with Crippen molar-refractivity contribution < 1.29 is 19.1 Å². The highest BCUT2D eigenvalue weighted by Crippen LogP contribution is 2.29. The lowest BCUT2D eigenvalue weighted by molar-refractivity contribution is -0.125. The maximum atomic E-state index is 12.8. The molecule has 0 saturated carbocycles. The zero-order valence-corrected chi connectivity index (χ0v) is 17.0. The zero-order valence-electron chi connectivity index (χ0n) is 17.0. The topological polar surface area (TPSA) is 87.0 Å². The number of carbonyl (C=O) groups is 1. The van der Waals surface area contributed by atoms with Crippen LogP contribution in [0.25, 0.3) is 5.69 Å². The number of amides is 1. The number of methoxy groups -OCH3 is 2. The van der Waals surface area contributed by atoms with Gasteiger partial charge in [-0.15, -0.1) is 0 Å². The smallest absolute Gasteiger partial charge is 0.269 e. The number of benzene rings is 2. The number of aryl methyl sites for hydroxylation is 1. The van der Waals surface area contributed by atoms with E-state index in [0.29, 0.717) is 29.4 Å². The Balaban J connectivity index is 1.47. The van der Waals surface area contributed by atoms with Gasteiger partial charge in [-0.25, -0.2) is 4.68 Å². The number of hydrogen-bond donors (Lipinski definition) is 1. The van der Waals surface area contributed by atoms with Crippen molar-refractivity contribution in [3.8, 4) is 17.2 Å². The van der Waals surface area contributed by atoms with Crippen LogP contribution < -0.4 is 14.8 Å². The number of para-hydroxylation sites is 1. The molecule has 1 amide bonds. The van der Waals surface area contributed by atoms with E-state index in [1.165, 1.54) is 0 Å². The molecule has 1 N–H and O–H groups in total. The summed E-state index contributed by atoms with van der Waals surface area (Å²) in [6, 6.07) is 16.9. The van der Waals surface area contributed by atoms with Crippen molar-refractivity contribution in [1.82, 2.24) is 9.78 Å². The Bertz CT molecular complexity index is 1090. The Labute approximate surface area is 174 Å². The van der Waals surface area contributed by atoms with Gasteiger partial charge in [-0.1, -0.05) is 23.4 Å². The molecular formula is C22H22N4O4. The molecule has 4 rings (SSSR count). The Morgan fingerprint density at radius 3 is 2.60 bits per heavy atom. The zero-order chi connectivity index (χ0) is 21.1. The first kappa shape index (κ1) is 19.5. The van der Waals surface area contributed by atoms with Crippen LogP contribution >= 0.6 is 0 Å². The molecule has 1 aromatic heterocycles. The monoisotopic (exact) mass is 406 g/mol. The van der Waals surface area contributed by atoms with Crippen LogP contribution in [0.4, 0.5) is 5.82 Å². The van der Waals surface area contributed by atoms with Gasteiger partial charge in [0.2, 0.25) is 6.10 Å². The second-order valence-corrected chi connectivity index (χ2v) is 6.81. The molecule has 30 heavy (non-hydrogen) atoms. The molecule has 0 fully saturated rings. The maximum absolute atomic E-state index is 12.8. The molecule has 8 heteroatoms. The lowest BCUT2D eigenvalue weighted by atomic mass is 10.0. The number of oxime groups is 1. The third kappa shape index (κ3) is 3.84. The summed E-state index contributed by atoms with van der Waals surface area (Å²) in [5.74, 6) is 1.51. The van der Waals surface area contributed by atoms with Crippen molar-refractivity contribution in [1.29, 1.82) is 0 Å². The van der Waals surface area contributed by atoms with Crippen LogP contribution in [0.15, 0.2) is 59.8 Å². The fourth-order valence-electron chi connectivity index (χ4n) is 3.27. The minimum absolute atomic E-state index is 0.286. The molecule has 1 aliphatic rings. The number of nitrogens with one attached hydrogen (secondary N) is 1. The molecule has 3 aromatic rings. The molecule has 8 nitrogen and oxygen atoms in total. The standard InChI is InChI=1S/C22H22N4O4/c1-14-11-21(26(24-14)16-7-5-4-6-8-16)23-22(27)20-13-17(25-30-20)15-9-10-18(28-2)19(12-15)29-3/h4-12,20H,13H2,1-3H3,(H,23,27)/t20-/m0/s1. The molecule has 0 saturated heterocycles. The summed E-state index contributed by atoms with van der Waals surface area (Å²) < 4.78 is 12.3. The van der Waals surface area contributed by atoms with Crippen molar-refractivity contribution in [2.75, 3.05) is 19.5 Å². The van der Waals surface area contributed by atoms with Crippen molar-refractivity contribution in [3.63, 3.8) is 0 Å². The predicted octanol–water partition coefficient (Wildman–Crippen LogP) is 3.33. The molecule has 2 aromatic carbocycles. The summed E-state index contributed by atoms with van der Waals surface area (Å²) in [6.45, 7) is 1.87. The van der Waals surface area contributed by atoms with E-state index in [2.05, 4.69) is 15.6 Å². The van der Waals surface area contributed by atoms with Crippen molar-refractivity contribution >= 4 is 17.4 Å². The highest BCUT2D eigenvalue weighted by Gasteiger charge is 2.30. The predicted molar refractivity (Wildman–Crippen MR) is 113 cm³/mol. The first-order valence-electron chi connectivity index (χ1n) is 9.47. The van der Waals surface area contributed by atoms with E-state index in [4.69, 9.17) is 14.3 Å². The first-order valence-corrected chi connectivity index (χ1v) is 9.47. The van der Waals surface area contributed by atoms with Crippen molar-refractivity contribution in [2.45, 2.75) is 19.4 Å². The van der Waals surface area contributed by atoms with E-state index >= 15 is 0 Å². The van der Waals surface area contributed by atoms with Gasteiger partial charge in [0.05, 0.1) is 31.3 Å². The molecule has 1 atom stereocenters. The van der Waals surface area contributed by atoms with Crippen LogP contribution in [0, 0.1) is 6.92 Å². The number of rotatable bonds is 6. The molecule has 0 aliphatic carbocycles. The van der Waals surface area contributed by atoms with Gasteiger partial charge in [-0.3, -0.25) is 4.79 Å². The second kappa shape index (κ2) is 8.28. The molecular weight excluding hydrogens is 384 g/mol. The van der Waals surface area contributed by atoms with E-state index in [-0.39, 0.29) is 5.91 Å². The number of nitrogens with zero attached hydrogens (tertiary/aromatic N) is 3. The van der Waals surface area contributed by atoms with Crippen LogP contribution in [0.3, 0.4) is 0 Å². The maximum Gasteiger partial charge on any atom is 0.269 e. The first-order chi connectivity index (χ1) is 14.6. The number of hydrogen-bond acceptors (Lipinski definition) is 6. The molecule has 0 spiro atoms. The Kier molecular flexibility index (Phi) is 5.38. The quantitative estimate of drug-likeness (QED) is 0.679. The van der Waals surface area contributed by atoms with Gasteiger partial charge in [0.1, 0.15) is 5.82 Å². The summed E-state index contributed by atoms with van der Waals surface area (Å²) in [5, 5.41) is 11.5. The number of carbonyl (C=O) groups excluding carboxylic acids is 1. The van der Waals surface area contributed by atoms with Gasteiger partial charge in [0.15, 0.2) is 11.5 Å². The second-order valence-electron chi connectivity index (χ2n) is 6.81. The number of ether oxygens (including phenoxy) is 2. The number of aromatic nitrogens is 2. The van der Waals surface area contributed by atoms with E-state index in [1.807, 2.05) is 55.5 Å². The average Bonchev–Trinajstić information content (AvgIpc) is 3.41. The van der Waals surface area contributed by atoms with Crippen LogP contribution in [0.5, 0.6) is 11.5 Å².